The number of phenolic OH excluding ortho intramolecular Hbond substituents is 1. The summed E-state index contributed by atoms with van der Waals surface area (Å²) in [5, 5.41) is 25.6. The van der Waals surface area contributed by atoms with E-state index >= 15 is 0 Å². The van der Waals surface area contributed by atoms with Gasteiger partial charge in [0.2, 0.25) is 0 Å². The summed E-state index contributed by atoms with van der Waals surface area (Å²) in [7, 11) is 0. The lowest BCUT2D eigenvalue weighted by molar-refractivity contribution is -0.384. The Morgan fingerprint density at radius 3 is 2.80 bits per heavy atom. The third-order valence-corrected chi connectivity index (χ3v) is 4.67. The highest BCUT2D eigenvalue weighted by Crippen LogP contribution is 2.30. The predicted octanol–water partition coefficient (Wildman–Crippen LogP) is 2.63. The zero-order valence-electron chi connectivity index (χ0n) is 16.3. The van der Waals surface area contributed by atoms with Gasteiger partial charge in [-0.05, 0) is 30.2 Å². The first-order chi connectivity index (χ1) is 14.5. The molecule has 0 atom stereocenters. The van der Waals surface area contributed by atoms with Crippen molar-refractivity contribution in [2.45, 2.75) is 6.42 Å². The number of carbonyl (C=O) groups is 1. The number of benzene rings is 2. The van der Waals surface area contributed by atoms with Crippen molar-refractivity contribution < 1.29 is 19.6 Å². The van der Waals surface area contributed by atoms with Gasteiger partial charge in [-0.25, -0.2) is 5.43 Å². The maximum atomic E-state index is 12.4. The van der Waals surface area contributed by atoms with E-state index in [1.807, 2.05) is 4.90 Å². The van der Waals surface area contributed by atoms with Gasteiger partial charge >= 0.3 is 0 Å². The molecule has 0 aromatic heterocycles. The number of hydrogen-bond donors (Lipinski definition) is 2. The van der Waals surface area contributed by atoms with E-state index in [1.165, 1.54) is 18.3 Å². The van der Waals surface area contributed by atoms with E-state index in [9.17, 15) is 20.0 Å². The largest absolute Gasteiger partial charge is 0.507 e. The van der Waals surface area contributed by atoms with Crippen molar-refractivity contribution in [3.05, 3.63) is 75.9 Å². The zero-order chi connectivity index (χ0) is 21.5. The number of nitrogens with zero attached hydrogens (tertiary/aromatic N) is 3. The van der Waals surface area contributed by atoms with Crippen LogP contribution in [-0.4, -0.2) is 48.5 Å². The average molecular weight is 410 g/mol. The highest BCUT2D eigenvalue weighted by Gasteiger charge is 2.23. The van der Waals surface area contributed by atoms with Crippen molar-refractivity contribution in [3.8, 4) is 5.75 Å². The Kier molecular flexibility index (Phi) is 6.76. The van der Waals surface area contributed by atoms with Gasteiger partial charge < -0.3 is 14.7 Å². The van der Waals surface area contributed by atoms with Crippen molar-refractivity contribution >= 4 is 23.5 Å². The first-order valence-corrected chi connectivity index (χ1v) is 9.37. The number of allylic oxidation sites excluding steroid dienone is 1. The number of hydrazone groups is 1. The van der Waals surface area contributed by atoms with Crippen LogP contribution in [0, 0.1) is 10.1 Å². The SMILES string of the molecule is C=CCc1cccc(/C=N\NC(=O)c2ccc(N3CCOCC3)c([N+](=O)[O-])c2)c1O. The van der Waals surface area contributed by atoms with Crippen LogP contribution in [0.1, 0.15) is 21.5 Å². The minimum absolute atomic E-state index is 0.0564. The molecule has 1 heterocycles. The number of carbonyl (C=O) groups excluding carboxylic acids is 1. The van der Waals surface area contributed by atoms with Crippen LogP contribution in [0.5, 0.6) is 5.75 Å². The predicted molar refractivity (Wildman–Crippen MR) is 113 cm³/mol. The lowest BCUT2D eigenvalue weighted by Gasteiger charge is -2.28. The standard InChI is InChI=1S/C21H22N4O5/c1-2-4-15-5-3-6-17(20(15)26)14-22-23-21(27)16-7-8-18(19(13-16)25(28)29)24-9-11-30-12-10-24/h2-3,5-8,13-14,26H,1,4,9-12H2,(H,23,27)/b22-14-. The van der Waals surface area contributed by atoms with Crippen LogP contribution < -0.4 is 10.3 Å². The molecule has 156 valence electrons. The summed E-state index contributed by atoms with van der Waals surface area (Å²) in [6.45, 7) is 5.73. The van der Waals surface area contributed by atoms with Gasteiger partial charge in [0.25, 0.3) is 11.6 Å². The molecule has 3 rings (SSSR count). The number of anilines is 1. The molecule has 1 saturated heterocycles. The summed E-state index contributed by atoms with van der Waals surface area (Å²) in [6, 6.07) is 9.49. The Hall–Kier alpha value is -3.72. The van der Waals surface area contributed by atoms with Crippen LogP contribution >= 0.6 is 0 Å². The third-order valence-electron chi connectivity index (χ3n) is 4.67. The average Bonchev–Trinajstić information content (AvgIpc) is 2.76. The summed E-state index contributed by atoms with van der Waals surface area (Å²) >= 11 is 0. The van der Waals surface area contributed by atoms with E-state index in [-0.39, 0.29) is 17.0 Å². The topological polar surface area (TPSA) is 117 Å². The van der Waals surface area contributed by atoms with Crippen molar-refractivity contribution in [2.24, 2.45) is 5.10 Å². The van der Waals surface area contributed by atoms with Gasteiger partial charge in [-0.1, -0.05) is 18.2 Å². The van der Waals surface area contributed by atoms with E-state index < -0.39 is 10.8 Å². The van der Waals surface area contributed by atoms with Crippen LogP contribution in [0.25, 0.3) is 0 Å². The van der Waals surface area contributed by atoms with Crippen molar-refractivity contribution in [1.29, 1.82) is 0 Å². The Morgan fingerprint density at radius 2 is 2.10 bits per heavy atom. The lowest BCUT2D eigenvalue weighted by atomic mass is 10.1. The Bertz CT molecular complexity index is 983. The van der Waals surface area contributed by atoms with Crippen molar-refractivity contribution in [3.63, 3.8) is 0 Å². The maximum absolute atomic E-state index is 12.4. The fourth-order valence-electron chi connectivity index (χ4n) is 3.14. The van der Waals surface area contributed by atoms with Gasteiger partial charge in [0.05, 0.1) is 24.4 Å². The van der Waals surface area contributed by atoms with E-state index in [2.05, 4.69) is 17.1 Å². The van der Waals surface area contributed by atoms with E-state index in [0.717, 1.165) is 0 Å². The minimum Gasteiger partial charge on any atom is -0.507 e. The fourth-order valence-corrected chi connectivity index (χ4v) is 3.14. The fraction of sp³-hybridized carbons (Fsp3) is 0.238. The number of aromatic hydroxyl groups is 1. The molecule has 2 N–H and O–H groups in total. The number of rotatable bonds is 7. The van der Waals surface area contributed by atoms with E-state index in [4.69, 9.17) is 4.74 Å². The first-order valence-electron chi connectivity index (χ1n) is 9.37. The number of morpholine rings is 1. The molecule has 1 fully saturated rings. The van der Waals surface area contributed by atoms with Crippen molar-refractivity contribution in [2.75, 3.05) is 31.2 Å². The Balaban J connectivity index is 1.75. The molecule has 30 heavy (non-hydrogen) atoms. The molecule has 0 unspecified atom stereocenters. The Morgan fingerprint density at radius 1 is 1.33 bits per heavy atom. The number of nitro groups is 1. The summed E-state index contributed by atoms with van der Waals surface area (Å²) < 4.78 is 5.28. The second kappa shape index (κ2) is 9.66. The molecule has 0 radical (unpaired) electrons. The number of hydrogen-bond acceptors (Lipinski definition) is 7. The van der Waals surface area contributed by atoms with Crippen LogP contribution in [0.15, 0.2) is 54.2 Å². The smallest absolute Gasteiger partial charge is 0.293 e. The summed E-state index contributed by atoms with van der Waals surface area (Å²) in [5.41, 5.74) is 3.87. The molecule has 9 nitrogen and oxygen atoms in total. The monoisotopic (exact) mass is 410 g/mol. The van der Waals surface area contributed by atoms with Crippen LogP contribution in [0.4, 0.5) is 11.4 Å². The highest BCUT2D eigenvalue weighted by molar-refractivity contribution is 5.96. The molecule has 0 saturated carbocycles. The maximum Gasteiger partial charge on any atom is 0.293 e. The minimum atomic E-state index is -0.593. The summed E-state index contributed by atoms with van der Waals surface area (Å²) in [4.78, 5) is 25.3. The van der Waals surface area contributed by atoms with Crippen LogP contribution in [-0.2, 0) is 11.2 Å². The van der Waals surface area contributed by atoms with Crippen molar-refractivity contribution in [1.82, 2.24) is 5.43 Å². The molecule has 0 aliphatic carbocycles. The summed E-state index contributed by atoms with van der Waals surface area (Å²) in [6.07, 6.45) is 3.49. The molecule has 2 aromatic rings. The van der Waals surface area contributed by atoms with Gasteiger partial charge in [-0.3, -0.25) is 14.9 Å². The third kappa shape index (κ3) is 4.81. The van der Waals surface area contributed by atoms with E-state index in [1.54, 1.807) is 30.3 Å². The van der Waals surface area contributed by atoms with Gasteiger partial charge in [-0.2, -0.15) is 5.10 Å². The molecule has 1 aliphatic rings. The molecule has 0 bridgehead atoms. The molecule has 1 aliphatic heterocycles. The second-order valence-electron chi connectivity index (χ2n) is 6.61. The molecule has 9 heteroatoms. The molecule has 1 amide bonds. The molecule has 0 spiro atoms. The normalized spacial score (nSPS) is 13.9. The number of ether oxygens (including phenoxy) is 1. The van der Waals surface area contributed by atoms with Gasteiger partial charge in [0.15, 0.2) is 0 Å². The first kappa shape index (κ1) is 21.0. The van der Waals surface area contributed by atoms with Gasteiger partial charge in [0.1, 0.15) is 11.4 Å². The molecular formula is C21H22N4O5. The Labute approximate surface area is 173 Å². The van der Waals surface area contributed by atoms with Crippen LogP contribution in [0.2, 0.25) is 0 Å². The van der Waals surface area contributed by atoms with E-state index in [0.29, 0.717) is 49.5 Å². The number of phenols is 1. The van der Waals surface area contributed by atoms with Gasteiger partial charge in [0, 0.05) is 30.3 Å². The number of para-hydroxylation sites is 1. The zero-order valence-corrected chi connectivity index (χ0v) is 16.3. The quantitative estimate of drug-likeness (QED) is 0.314. The molecule has 2 aromatic carbocycles. The lowest BCUT2D eigenvalue weighted by Crippen LogP contribution is -2.36. The highest BCUT2D eigenvalue weighted by atomic mass is 16.6. The number of nitro benzene ring substituents is 1. The summed E-state index contributed by atoms with van der Waals surface area (Å²) in [5.74, 6) is -0.537. The number of amides is 1. The number of nitrogens with one attached hydrogen (secondary N) is 1. The van der Waals surface area contributed by atoms with Crippen LogP contribution in [0.3, 0.4) is 0 Å². The van der Waals surface area contributed by atoms with Gasteiger partial charge in [-0.15, -0.1) is 6.58 Å². The molecular weight excluding hydrogens is 388 g/mol. The second-order valence-corrected chi connectivity index (χ2v) is 6.61.